The minimum absolute atomic E-state index is 0.0348. The van der Waals surface area contributed by atoms with Crippen LogP contribution in [0.5, 0.6) is 11.5 Å². The molecule has 128 valence electrons. The van der Waals surface area contributed by atoms with E-state index in [1.807, 2.05) is 55.4 Å². The Morgan fingerprint density at radius 1 is 1.17 bits per heavy atom. The lowest BCUT2D eigenvalue weighted by Gasteiger charge is -2.23. The van der Waals surface area contributed by atoms with Crippen LogP contribution in [-0.4, -0.2) is 34.6 Å². The molecule has 1 aromatic carbocycles. The van der Waals surface area contributed by atoms with Crippen molar-refractivity contribution in [3.63, 3.8) is 0 Å². The van der Waals surface area contributed by atoms with E-state index in [4.69, 9.17) is 9.47 Å². The Hall–Kier alpha value is -2.43. The minimum Gasteiger partial charge on any atom is -0.494 e. The zero-order chi connectivity index (χ0) is 16.9. The van der Waals surface area contributed by atoms with Crippen molar-refractivity contribution in [1.82, 2.24) is 9.47 Å². The minimum atomic E-state index is 0.0348. The van der Waals surface area contributed by atoms with E-state index in [2.05, 4.69) is 10.6 Å². The Morgan fingerprint density at radius 3 is 2.38 bits per heavy atom. The fourth-order valence-corrected chi connectivity index (χ4v) is 2.67. The quantitative estimate of drug-likeness (QED) is 0.748. The van der Waals surface area contributed by atoms with Gasteiger partial charge in [-0.1, -0.05) is 0 Å². The maximum absolute atomic E-state index is 12.6. The fraction of sp³-hybridized carbons (Fsp3) is 0.421. The molecule has 1 saturated carbocycles. The standard InChI is InChI=1S/C19H24N2O3/c1-3-23-17-8-10-18(11-9-17)24-14-19(22)21(15-6-7-15)13-16-5-4-12-20(16)2/h4-5,8-12,15H,3,6-7,13-14H2,1-2H3. The van der Waals surface area contributed by atoms with Crippen LogP contribution in [0.3, 0.4) is 0 Å². The summed E-state index contributed by atoms with van der Waals surface area (Å²) in [5, 5.41) is 0. The molecule has 0 N–H and O–H groups in total. The Balaban J connectivity index is 1.56. The second-order valence-corrected chi connectivity index (χ2v) is 6.06. The SMILES string of the molecule is CCOc1ccc(OCC(=O)N(Cc2cccn2C)C2CC2)cc1. The average molecular weight is 328 g/mol. The van der Waals surface area contributed by atoms with Gasteiger partial charge in [0, 0.05) is 25.0 Å². The van der Waals surface area contributed by atoms with Gasteiger partial charge in [-0.05, 0) is 56.2 Å². The summed E-state index contributed by atoms with van der Waals surface area (Å²) >= 11 is 0. The van der Waals surface area contributed by atoms with Crippen LogP contribution in [-0.2, 0) is 18.4 Å². The number of amides is 1. The van der Waals surface area contributed by atoms with Crippen LogP contribution in [0.25, 0.3) is 0 Å². The molecule has 0 bridgehead atoms. The van der Waals surface area contributed by atoms with Crippen LogP contribution in [0, 0.1) is 0 Å². The maximum Gasteiger partial charge on any atom is 0.261 e. The number of aromatic nitrogens is 1. The molecule has 1 heterocycles. The van der Waals surface area contributed by atoms with Gasteiger partial charge in [0.2, 0.25) is 0 Å². The molecule has 24 heavy (non-hydrogen) atoms. The Labute approximate surface area is 142 Å². The van der Waals surface area contributed by atoms with Gasteiger partial charge in [-0.25, -0.2) is 0 Å². The van der Waals surface area contributed by atoms with E-state index in [1.54, 1.807) is 0 Å². The summed E-state index contributed by atoms with van der Waals surface area (Å²) in [6.07, 6.45) is 4.17. The summed E-state index contributed by atoms with van der Waals surface area (Å²) < 4.78 is 13.1. The molecule has 0 unspecified atom stereocenters. The average Bonchev–Trinajstić information content (AvgIpc) is 3.35. The lowest BCUT2D eigenvalue weighted by molar-refractivity contribution is -0.134. The zero-order valence-electron chi connectivity index (χ0n) is 14.3. The van der Waals surface area contributed by atoms with Gasteiger partial charge in [0.1, 0.15) is 11.5 Å². The van der Waals surface area contributed by atoms with Crippen molar-refractivity contribution in [2.45, 2.75) is 32.4 Å². The first kappa shape index (κ1) is 16.4. The highest BCUT2D eigenvalue weighted by Gasteiger charge is 2.33. The molecule has 1 aliphatic carbocycles. The molecule has 3 rings (SSSR count). The molecule has 0 saturated heterocycles. The second kappa shape index (κ2) is 7.43. The summed E-state index contributed by atoms with van der Waals surface area (Å²) in [7, 11) is 2.00. The van der Waals surface area contributed by atoms with Crippen LogP contribution < -0.4 is 9.47 Å². The molecule has 1 fully saturated rings. The molecule has 0 spiro atoms. The van der Waals surface area contributed by atoms with Gasteiger partial charge in [0.05, 0.1) is 13.2 Å². The van der Waals surface area contributed by atoms with Gasteiger partial charge in [0.25, 0.3) is 5.91 Å². The van der Waals surface area contributed by atoms with E-state index in [-0.39, 0.29) is 12.5 Å². The lowest BCUT2D eigenvalue weighted by atomic mass is 10.3. The van der Waals surface area contributed by atoms with E-state index >= 15 is 0 Å². The number of aryl methyl sites for hydroxylation is 1. The van der Waals surface area contributed by atoms with Gasteiger partial charge in [-0.3, -0.25) is 4.79 Å². The summed E-state index contributed by atoms with van der Waals surface area (Å²) in [6.45, 7) is 3.28. The van der Waals surface area contributed by atoms with Gasteiger partial charge >= 0.3 is 0 Å². The highest BCUT2D eigenvalue weighted by molar-refractivity contribution is 5.78. The van der Waals surface area contributed by atoms with Crippen molar-refractivity contribution in [2.24, 2.45) is 7.05 Å². The predicted octanol–water partition coefficient (Wildman–Crippen LogP) is 2.99. The fourth-order valence-electron chi connectivity index (χ4n) is 2.67. The third-order valence-corrected chi connectivity index (χ3v) is 4.19. The Kier molecular flexibility index (Phi) is 5.08. The molecule has 5 heteroatoms. The van der Waals surface area contributed by atoms with Gasteiger partial charge in [-0.15, -0.1) is 0 Å². The van der Waals surface area contributed by atoms with E-state index in [0.717, 1.165) is 24.3 Å². The third-order valence-electron chi connectivity index (χ3n) is 4.19. The number of rotatable bonds is 8. The lowest BCUT2D eigenvalue weighted by Crippen LogP contribution is -2.36. The van der Waals surface area contributed by atoms with Crippen molar-refractivity contribution in [3.05, 3.63) is 48.3 Å². The normalized spacial score (nSPS) is 13.6. The Morgan fingerprint density at radius 2 is 1.83 bits per heavy atom. The molecule has 5 nitrogen and oxygen atoms in total. The van der Waals surface area contributed by atoms with Crippen molar-refractivity contribution in [3.8, 4) is 11.5 Å². The molecule has 0 radical (unpaired) electrons. The highest BCUT2D eigenvalue weighted by Crippen LogP contribution is 2.28. The first-order chi connectivity index (χ1) is 11.7. The number of hydrogen-bond donors (Lipinski definition) is 0. The number of carbonyl (C=O) groups is 1. The van der Waals surface area contributed by atoms with Crippen LogP contribution in [0.2, 0.25) is 0 Å². The summed E-state index contributed by atoms with van der Waals surface area (Å²) in [5.74, 6) is 1.52. The zero-order valence-corrected chi connectivity index (χ0v) is 14.3. The van der Waals surface area contributed by atoms with E-state index in [9.17, 15) is 4.79 Å². The predicted molar refractivity (Wildman–Crippen MR) is 92.1 cm³/mol. The molecular weight excluding hydrogens is 304 g/mol. The molecule has 1 aromatic heterocycles. The first-order valence-electron chi connectivity index (χ1n) is 8.42. The van der Waals surface area contributed by atoms with Crippen LogP contribution >= 0.6 is 0 Å². The molecule has 1 aliphatic rings. The summed E-state index contributed by atoms with van der Waals surface area (Å²) in [6, 6.07) is 11.8. The molecule has 1 amide bonds. The van der Waals surface area contributed by atoms with E-state index in [0.29, 0.717) is 24.9 Å². The second-order valence-electron chi connectivity index (χ2n) is 6.06. The van der Waals surface area contributed by atoms with Crippen LogP contribution in [0.15, 0.2) is 42.6 Å². The molecular formula is C19H24N2O3. The van der Waals surface area contributed by atoms with E-state index in [1.165, 1.54) is 0 Å². The van der Waals surface area contributed by atoms with E-state index < -0.39 is 0 Å². The number of ether oxygens (including phenoxy) is 2. The number of hydrogen-bond acceptors (Lipinski definition) is 3. The van der Waals surface area contributed by atoms with Crippen molar-refractivity contribution >= 4 is 5.91 Å². The molecule has 0 aliphatic heterocycles. The van der Waals surface area contributed by atoms with Crippen molar-refractivity contribution in [2.75, 3.05) is 13.2 Å². The third kappa shape index (κ3) is 4.10. The van der Waals surface area contributed by atoms with Crippen molar-refractivity contribution < 1.29 is 14.3 Å². The van der Waals surface area contributed by atoms with Crippen LogP contribution in [0.1, 0.15) is 25.5 Å². The number of benzene rings is 1. The molecule has 0 atom stereocenters. The smallest absolute Gasteiger partial charge is 0.261 e. The largest absolute Gasteiger partial charge is 0.494 e. The summed E-state index contributed by atoms with van der Waals surface area (Å²) in [5.41, 5.74) is 1.14. The Bertz CT molecular complexity index is 674. The molecule has 2 aromatic rings. The van der Waals surface area contributed by atoms with Gasteiger partial charge in [0.15, 0.2) is 6.61 Å². The summed E-state index contributed by atoms with van der Waals surface area (Å²) in [4.78, 5) is 14.5. The first-order valence-corrected chi connectivity index (χ1v) is 8.42. The van der Waals surface area contributed by atoms with Gasteiger partial charge < -0.3 is 18.9 Å². The van der Waals surface area contributed by atoms with Crippen molar-refractivity contribution in [1.29, 1.82) is 0 Å². The van der Waals surface area contributed by atoms with Gasteiger partial charge in [-0.2, -0.15) is 0 Å². The number of carbonyl (C=O) groups excluding carboxylic acids is 1. The highest BCUT2D eigenvalue weighted by atomic mass is 16.5. The maximum atomic E-state index is 12.6. The monoisotopic (exact) mass is 328 g/mol. The number of nitrogens with zero attached hydrogens (tertiary/aromatic N) is 2. The topological polar surface area (TPSA) is 43.7 Å². The van der Waals surface area contributed by atoms with Crippen LogP contribution in [0.4, 0.5) is 0 Å².